The van der Waals surface area contributed by atoms with Crippen molar-refractivity contribution >= 4 is 16.4 Å². The lowest BCUT2D eigenvalue weighted by molar-refractivity contribution is -0.160. The summed E-state index contributed by atoms with van der Waals surface area (Å²) in [4.78, 5) is 10.5. The molecule has 18 heavy (non-hydrogen) atoms. The second-order valence-corrected chi connectivity index (χ2v) is 3.97. The van der Waals surface area contributed by atoms with Crippen LogP contribution >= 0.6 is 0 Å². The number of alkyl halides is 6. The first-order valence-corrected chi connectivity index (χ1v) is 5.19. The standard InChI is InChI=1S/C5H5F6NO5S/c6-4(7,8)1-16-3(13)12-18(14,15)17-2-5(9,10)11/h1-2H2,(H,12,13). The summed E-state index contributed by atoms with van der Waals surface area (Å²) in [5.41, 5.74) is 0. The van der Waals surface area contributed by atoms with Gasteiger partial charge in [-0.05, 0) is 0 Å². The van der Waals surface area contributed by atoms with Crippen LogP contribution < -0.4 is 4.72 Å². The summed E-state index contributed by atoms with van der Waals surface area (Å²) < 4.78 is 97.7. The fourth-order valence-electron chi connectivity index (χ4n) is 0.453. The van der Waals surface area contributed by atoms with Crippen LogP contribution in [0.2, 0.25) is 0 Å². The molecule has 0 bridgehead atoms. The molecule has 0 aliphatic heterocycles. The van der Waals surface area contributed by atoms with E-state index in [-0.39, 0.29) is 0 Å². The number of carbonyl (C=O) groups is 1. The molecule has 0 rings (SSSR count). The van der Waals surface area contributed by atoms with Crippen LogP contribution in [0.4, 0.5) is 31.1 Å². The van der Waals surface area contributed by atoms with E-state index in [1.54, 1.807) is 0 Å². The zero-order valence-electron chi connectivity index (χ0n) is 8.13. The van der Waals surface area contributed by atoms with Crippen LogP contribution in [0.25, 0.3) is 0 Å². The molecule has 0 aliphatic carbocycles. The van der Waals surface area contributed by atoms with E-state index in [1.165, 1.54) is 0 Å². The average Bonchev–Trinajstić information content (AvgIpc) is 2.09. The molecule has 0 fully saturated rings. The van der Waals surface area contributed by atoms with Gasteiger partial charge < -0.3 is 4.74 Å². The Labute approximate surface area is 96.1 Å². The van der Waals surface area contributed by atoms with Gasteiger partial charge in [0.05, 0.1) is 0 Å². The second kappa shape index (κ2) is 5.60. The van der Waals surface area contributed by atoms with E-state index in [9.17, 15) is 39.6 Å². The maximum Gasteiger partial charge on any atom is 0.423 e. The first-order valence-electron chi connectivity index (χ1n) is 3.78. The summed E-state index contributed by atoms with van der Waals surface area (Å²) in [5.74, 6) is 0. The van der Waals surface area contributed by atoms with Crippen molar-refractivity contribution in [2.45, 2.75) is 12.4 Å². The molecule has 0 aromatic carbocycles. The smallest absolute Gasteiger partial charge is 0.423 e. The van der Waals surface area contributed by atoms with Crippen LogP contribution in [-0.4, -0.2) is 40.1 Å². The van der Waals surface area contributed by atoms with Gasteiger partial charge in [-0.15, -0.1) is 0 Å². The highest BCUT2D eigenvalue weighted by Crippen LogP contribution is 2.16. The fraction of sp³-hybridized carbons (Fsp3) is 0.800. The summed E-state index contributed by atoms with van der Waals surface area (Å²) in [7, 11) is -5.19. The van der Waals surface area contributed by atoms with Crippen LogP contribution in [0.1, 0.15) is 0 Å². The third kappa shape index (κ3) is 9.95. The zero-order chi connectivity index (χ0) is 14.6. The normalized spacial score (nSPS) is 13.2. The Morgan fingerprint density at radius 2 is 1.44 bits per heavy atom. The number of carbonyl (C=O) groups excluding carboxylic acids is 1. The van der Waals surface area contributed by atoms with Crippen molar-refractivity contribution < 1.29 is 48.5 Å². The quantitative estimate of drug-likeness (QED) is 0.787. The molecule has 108 valence electrons. The molecule has 1 N–H and O–H groups in total. The Morgan fingerprint density at radius 3 is 1.83 bits per heavy atom. The van der Waals surface area contributed by atoms with Crippen molar-refractivity contribution in [1.29, 1.82) is 0 Å². The van der Waals surface area contributed by atoms with Crippen molar-refractivity contribution in [2.24, 2.45) is 0 Å². The van der Waals surface area contributed by atoms with Crippen LogP contribution in [0, 0.1) is 0 Å². The maximum absolute atomic E-state index is 11.5. The molecule has 0 atom stereocenters. The Hall–Kier alpha value is -1.24. The lowest BCUT2D eigenvalue weighted by Crippen LogP contribution is -2.36. The Balaban J connectivity index is 4.21. The number of rotatable bonds is 4. The molecule has 0 aliphatic rings. The Morgan fingerprint density at radius 1 is 1.00 bits per heavy atom. The van der Waals surface area contributed by atoms with Crippen molar-refractivity contribution in [3.05, 3.63) is 0 Å². The monoisotopic (exact) mass is 305 g/mol. The van der Waals surface area contributed by atoms with E-state index < -0.39 is 42.0 Å². The largest absolute Gasteiger partial charge is 0.439 e. The molecule has 0 unspecified atom stereocenters. The SMILES string of the molecule is O=C(NS(=O)(=O)OCC(F)(F)F)OCC(F)(F)F. The van der Waals surface area contributed by atoms with Gasteiger partial charge in [0.2, 0.25) is 0 Å². The van der Waals surface area contributed by atoms with Gasteiger partial charge in [0.1, 0.15) is 0 Å². The Kier molecular flexibility index (Phi) is 5.21. The predicted octanol–water partition coefficient (Wildman–Crippen LogP) is 1.10. The van der Waals surface area contributed by atoms with E-state index in [4.69, 9.17) is 0 Å². The summed E-state index contributed by atoms with van der Waals surface area (Å²) in [6.07, 6.45) is -12.0. The molecular weight excluding hydrogens is 300 g/mol. The Bertz CT molecular complexity index is 386. The van der Waals surface area contributed by atoms with E-state index in [2.05, 4.69) is 8.92 Å². The zero-order valence-corrected chi connectivity index (χ0v) is 8.95. The first-order chi connectivity index (χ1) is 7.81. The van der Waals surface area contributed by atoms with Crippen LogP contribution in [0.5, 0.6) is 0 Å². The van der Waals surface area contributed by atoms with Gasteiger partial charge in [-0.3, -0.25) is 0 Å². The van der Waals surface area contributed by atoms with E-state index in [1.807, 2.05) is 0 Å². The number of hydrogen-bond donors (Lipinski definition) is 1. The van der Waals surface area contributed by atoms with Crippen molar-refractivity contribution in [1.82, 2.24) is 4.72 Å². The van der Waals surface area contributed by atoms with Gasteiger partial charge in [0, 0.05) is 0 Å². The van der Waals surface area contributed by atoms with Gasteiger partial charge in [-0.25, -0.2) is 8.98 Å². The number of hydrogen-bond acceptors (Lipinski definition) is 5. The minimum atomic E-state index is -5.19. The van der Waals surface area contributed by atoms with Crippen molar-refractivity contribution in [3.8, 4) is 0 Å². The van der Waals surface area contributed by atoms with Crippen molar-refractivity contribution in [2.75, 3.05) is 13.2 Å². The van der Waals surface area contributed by atoms with Crippen LogP contribution in [-0.2, 0) is 19.2 Å². The maximum atomic E-state index is 11.5. The summed E-state index contributed by atoms with van der Waals surface area (Å²) in [6.45, 7) is -4.34. The molecule has 0 spiro atoms. The predicted molar refractivity (Wildman–Crippen MR) is 41.5 cm³/mol. The van der Waals surface area contributed by atoms with Crippen LogP contribution in [0.15, 0.2) is 0 Å². The highest BCUT2D eigenvalue weighted by atomic mass is 32.2. The number of ether oxygens (including phenoxy) is 1. The van der Waals surface area contributed by atoms with Crippen molar-refractivity contribution in [3.63, 3.8) is 0 Å². The molecular formula is C5H5F6NO5S. The molecule has 0 saturated heterocycles. The molecule has 13 heteroatoms. The summed E-state index contributed by atoms with van der Waals surface area (Å²) in [5, 5.41) is 0. The van der Waals surface area contributed by atoms with Gasteiger partial charge in [0.15, 0.2) is 13.2 Å². The first kappa shape index (κ1) is 16.8. The summed E-state index contributed by atoms with van der Waals surface area (Å²) >= 11 is 0. The molecule has 6 nitrogen and oxygen atoms in total. The molecule has 0 aromatic rings. The molecule has 1 amide bonds. The highest BCUT2D eigenvalue weighted by molar-refractivity contribution is 7.85. The van der Waals surface area contributed by atoms with Gasteiger partial charge in [0.25, 0.3) is 0 Å². The molecule has 0 heterocycles. The third-order valence-electron chi connectivity index (χ3n) is 0.953. The molecule has 0 radical (unpaired) electrons. The van der Waals surface area contributed by atoms with Crippen LogP contribution in [0.3, 0.4) is 0 Å². The van der Waals surface area contributed by atoms with E-state index in [0.29, 0.717) is 4.72 Å². The molecule has 0 aromatic heterocycles. The number of halogens is 6. The molecule has 0 saturated carbocycles. The minimum Gasteiger partial charge on any atom is -0.439 e. The average molecular weight is 305 g/mol. The van der Waals surface area contributed by atoms with E-state index in [0.717, 1.165) is 0 Å². The van der Waals surface area contributed by atoms with Gasteiger partial charge >= 0.3 is 28.8 Å². The fourth-order valence-corrected chi connectivity index (χ4v) is 1.06. The lowest BCUT2D eigenvalue weighted by Gasteiger charge is -2.10. The lowest BCUT2D eigenvalue weighted by atomic mass is 10.7. The topological polar surface area (TPSA) is 81.7 Å². The number of amides is 1. The summed E-state index contributed by atoms with van der Waals surface area (Å²) in [6, 6.07) is 0. The second-order valence-electron chi connectivity index (χ2n) is 2.62. The minimum absolute atomic E-state index is 0.690. The van der Waals surface area contributed by atoms with Gasteiger partial charge in [-0.2, -0.15) is 39.5 Å². The van der Waals surface area contributed by atoms with Gasteiger partial charge in [-0.1, -0.05) is 0 Å². The number of nitrogens with one attached hydrogen (secondary N) is 1. The third-order valence-corrected chi connectivity index (χ3v) is 1.80. The van der Waals surface area contributed by atoms with E-state index >= 15 is 0 Å². The highest BCUT2D eigenvalue weighted by Gasteiger charge is 2.33.